The molecule has 0 bridgehead atoms. The largest absolute Gasteiger partial charge is 0.481 e. The van der Waals surface area contributed by atoms with Crippen molar-refractivity contribution in [3.63, 3.8) is 0 Å². The van der Waals surface area contributed by atoms with E-state index in [0.29, 0.717) is 6.54 Å². The van der Waals surface area contributed by atoms with Crippen molar-refractivity contribution in [2.24, 2.45) is 0 Å². The third-order valence-corrected chi connectivity index (χ3v) is 2.89. The van der Waals surface area contributed by atoms with Crippen LogP contribution < -0.4 is 5.32 Å². The van der Waals surface area contributed by atoms with Crippen molar-refractivity contribution in [1.29, 1.82) is 0 Å². The molecule has 0 radical (unpaired) electrons. The third kappa shape index (κ3) is 1.31. The summed E-state index contributed by atoms with van der Waals surface area (Å²) in [6.45, 7) is 0.479. The molecule has 1 atom stereocenters. The maximum Gasteiger partial charge on any atom is 0.312 e. The van der Waals surface area contributed by atoms with Crippen molar-refractivity contribution >= 4 is 27.6 Å². The number of halogens is 1. The first-order valence-corrected chi connectivity index (χ1v) is 4.74. The van der Waals surface area contributed by atoms with Crippen LogP contribution in [0.4, 0.5) is 5.69 Å². The molecule has 0 amide bonds. The molecule has 0 aliphatic carbocycles. The molecule has 1 heterocycles. The highest BCUT2D eigenvalue weighted by Crippen LogP contribution is 2.36. The second kappa shape index (κ2) is 3.03. The maximum absolute atomic E-state index is 10.9. The van der Waals surface area contributed by atoms with Crippen molar-refractivity contribution in [2.75, 3.05) is 11.9 Å². The number of nitrogens with one attached hydrogen (secondary N) is 1. The molecular weight excluding hydrogens is 234 g/mol. The summed E-state index contributed by atoms with van der Waals surface area (Å²) in [5, 5.41) is 12.0. The first-order chi connectivity index (χ1) is 6.20. The minimum absolute atomic E-state index is 0.425. The van der Waals surface area contributed by atoms with Crippen molar-refractivity contribution in [2.45, 2.75) is 5.92 Å². The molecule has 2 N–H and O–H groups in total. The van der Waals surface area contributed by atoms with E-state index in [4.69, 9.17) is 5.11 Å². The van der Waals surface area contributed by atoms with Gasteiger partial charge in [0.2, 0.25) is 0 Å². The molecule has 0 saturated heterocycles. The standard InChI is InChI=1S/C9H8BrNO2/c10-6-2-1-3-7-8(6)5(4-11-7)9(12)13/h1-3,5,11H,4H2,(H,12,13). The quantitative estimate of drug-likeness (QED) is 0.792. The van der Waals surface area contributed by atoms with Gasteiger partial charge in [-0.3, -0.25) is 4.79 Å². The van der Waals surface area contributed by atoms with Crippen molar-refractivity contribution < 1.29 is 9.90 Å². The average Bonchev–Trinajstić information content (AvgIpc) is 2.49. The number of anilines is 1. The van der Waals surface area contributed by atoms with Crippen LogP contribution in [0.15, 0.2) is 22.7 Å². The van der Waals surface area contributed by atoms with Gasteiger partial charge in [-0.05, 0) is 12.1 Å². The Morgan fingerprint density at radius 1 is 1.62 bits per heavy atom. The van der Waals surface area contributed by atoms with Crippen LogP contribution in [-0.4, -0.2) is 17.6 Å². The van der Waals surface area contributed by atoms with E-state index in [1.165, 1.54) is 0 Å². The summed E-state index contributed by atoms with van der Waals surface area (Å²) < 4.78 is 0.863. The Morgan fingerprint density at radius 3 is 3.08 bits per heavy atom. The second-order valence-corrected chi connectivity index (χ2v) is 3.83. The molecule has 13 heavy (non-hydrogen) atoms. The lowest BCUT2D eigenvalue weighted by Crippen LogP contribution is -2.13. The van der Waals surface area contributed by atoms with Crippen LogP contribution in [0.3, 0.4) is 0 Å². The van der Waals surface area contributed by atoms with E-state index in [-0.39, 0.29) is 0 Å². The van der Waals surface area contributed by atoms with Crippen LogP contribution in [0, 0.1) is 0 Å². The highest BCUT2D eigenvalue weighted by Gasteiger charge is 2.29. The number of aliphatic carboxylic acids is 1. The van der Waals surface area contributed by atoms with Crippen molar-refractivity contribution in [3.8, 4) is 0 Å². The average molecular weight is 242 g/mol. The number of benzene rings is 1. The topological polar surface area (TPSA) is 49.3 Å². The zero-order valence-corrected chi connectivity index (χ0v) is 8.34. The Morgan fingerprint density at radius 2 is 2.38 bits per heavy atom. The maximum atomic E-state index is 10.9. The van der Waals surface area contributed by atoms with Crippen molar-refractivity contribution in [3.05, 3.63) is 28.2 Å². The summed E-state index contributed by atoms with van der Waals surface area (Å²) in [7, 11) is 0. The van der Waals surface area contributed by atoms with E-state index in [2.05, 4.69) is 21.2 Å². The molecule has 68 valence electrons. The number of carbonyl (C=O) groups is 1. The summed E-state index contributed by atoms with van der Waals surface area (Å²) in [5.41, 5.74) is 1.77. The molecule has 1 aromatic carbocycles. The molecular formula is C9H8BrNO2. The lowest BCUT2D eigenvalue weighted by atomic mass is 10.0. The first kappa shape index (κ1) is 8.56. The first-order valence-electron chi connectivity index (χ1n) is 3.95. The molecule has 1 unspecified atom stereocenters. The highest BCUT2D eigenvalue weighted by molar-refractivity contribution is 9.10. The Labute approximate surface area is 83.9 Å². The van der Waals surface area contributed by atoms with Crippen LogP contribution >= 0.6 is 15.9 Å². The van der Waals surface area contributed by atoms with Gasteiger partial charge in [0.25, 0.3) is 0 Å². The van der Waals surface area contributed by atoms with Gasteiger partial charge in [-0.15, -0.1) is 0 Å². The van der Waals surface area contributed by atoms with Gasteiger partial charge in [0.15, 0.2) is 0 Å². The van der Waals surface area contributed by atoms with Gasteiger partial charge in [0.05, 0.1) is 0 Å². The van der Waals surface area contributed by atoms with Crippen LogP contribution in [0.2, 0.25) is 0 Å². The summed E-state index contributed by atoms with van der Waals surface area (Å²) >= 11 is 3.35. The van der Waals surface area contributed by atoms with Crippen LogP contribution in [0.5, 0.6) is 0 Å². The summed E-state index contributed by atoms with van der Waals surface area (Å²) in [5.74, 6) is -1.20. The lowest BCUT2D eigenvalue weighted by Gasteiger charge is -2.05. The van der Waals surface area contributed by atoms with E-state index >= 15 is 0 Å². The predicted molar refractivity (Wildman–Crippen MR) is 53.0 cm³/mol. The van der Waals surface area contributed by atoms with Gasteiger partial charge in [0, 0.05) is 22.3 Å². The molecule has 3 nitrogen and oxygen atoms in total. The van der Waals surface area contributed by atoms with Gasteiger partial charge < -0.3 is 10.4 Å². The molecule has 0 saturated carbocycles. The molecule has 4 heteroatoms. The minimum atomic E-state index is -0.779. The monoisotopic (exact) mass is 241 g/mol. The Hall–Kier alpha value is -1.03. The van der Waals surface area contributed by atoms with Crippen LogP contribution in [0.25, 0.3) is 0 Å². The number of hydrogen-bond donors (Lipinski definition) is 2. The fourth-order valence-corrected chi connectivity index (χ4v) is 2.21. The van der Waals surface area contributed by atoms with E-state index in [0.717, 1.165) is 15.7 Å². The Balaban J connectivity index is 2.52. The predicted octanol–water partition coefficient (Wildman–Crippen LogP) is 2.04. The zero-order valence-electron chi connectivity index (χ0n) is 6.75. The third-order valence-electron chi connectivity index (χ3n) is 2.20. The number of fused-ring (bicyclic) bond motifs is 1. The molecule has 2 rings (SSSR count). The smallest absolute Gasteiger partial charge is 0.312 e. The molecule has 1 aliphatic heterocycles. The Kier molecular flexibility index (Phi) is 2.00. The van der Waals surface area contributed by atoms with E-state index in [9.17, 15) is 4.79 Å². The molecule has 1 aliphatic rings. The number of rotatable bonds is 1. The normalized spacial score (nSPS) is 19.3. The van der Waals surface area contributed by atoms with Gasteiger partial charge in [-0.2, -0.15) is 0 Å². The summed E-state index contributed by atoms with van der Waals surface area (Å²) in [6.07, 6.45) is 0. The van der Waals surface area contributed by atoms with E-state index < -0.39 is 11.9 Å². The van der Waals surface area contributed by atoms with Crippen LogP contribution in [0.1, 0.15) is 11.5 Å². The molecule has 1 aromatic rings. The zero-order chi connectivity index (χ0) is 9.42. The molecule has 0 spiro atoms. The molecule has 0 aromatic heterocycles. The van der Waals surface area contributed by atoms with Gasteiger partial charge in [0.1, 0.15) is 5.92 Å². The van der Waals surface area contributed by atoms with E-state index in [1.807, 2.05) is 18.2 Å². The van der Waals surface area contributed by atoms with Gasteiger partial charge in [-0.1, -0.05) is 22.0 Å². The van der Waals surface area contributed by atoms with Gasteiger partial charge >= 0.3 is 5.97 Å². The second-order valence-electron chi connectivity index (χ2n) is 2.97. The fraction of sp³-hybridized carbons (Fsp3) is 0.222. The SMILES string of the molecule is O=C(O)C1CNc2cccc(Br)c21. The number of carboxylic acids is 1. The van der Waals surface area contributed by atoms with E-state index in [1.54, 1.807) is 0 Å². The highest BCUT2D eigenvalue weighted by atomic mass is 79.9. The summed E-state index contributed by atoms with van der Waals surface area (Å²) in [4.78, 5) is 10.9. The van der Waals surface area contributed by atoms with Crippen LogP contribution in [-0.2, 0) is 4.79 Å². The summed E-state index contributed by atoms with van der Waals surface area (Å²) in [6, 6.07) is 5.64. The van der Waals surface area contributed by atoms with Crippen molar-refractivity contribution in [1.82, 2.24) is 0 Å². The minimum Gasteiger partial charge on any atom is -0.481 e. The van der Waals surface area contributed by atoms with Gasteiger partial charge in [-0.25, -0.2) is 0 Å². The lowest BCUT2D eigenvalue weighted by molar-refractivity contribution is -0.138. The Bertz CT molecular complexity index is 365. The molecule has 0 fully saturated rings. The number of carboxylic acid groups (broad SMARTS) is 1. The number of hydrogen-bond acceptors (Lipinski definition) is 2. The fourth-order valence-electron chi connectivity index (χ4n) is 1.57.